The molecular weight excluding hydrogens is 329 g/mol. The normalized spacial score (nSPS) is 14.1. The van der Waals surface area contributed by atoms with Crippen molar-refractivity contribution in [3.63, 3.8) is 0 Å². The van der Waals surface area contributed by atoms with E-state index in [-0.39, 0.29) is 17.0 Å². The van der Waals surface area contributed by atoms with E-state index in [9.17, 15) is 21.6 Å². The molecule has 4 nitrogen and oxygen atoms in total. The Bertz CT molecular complexity index is 919. The summed E-state index contributed by atoms with van der Waals surface area (Å²) in [5.74, 6) is 0. The van der Waals surface area contributed by atoms with Gasteiger partial charge in [-0.25, -0.2) is 8.42 Å². The molecule has 0 bridgehead atoms. The van der Waals surface area contributed by atoms with Crippen molar-refractivity contribution in [1.29, 1.82) is 0 Å². The standard InChI is InChI=1S/C15H11F3N2O2S/c1-23(21,22)12-3-10(6-19-7-12)13-4-11(15(16,17)18)2-9-5-20-8-14(9)13/h2-4,6-8H,5H2,1H3. The smallest absolute Gasteiger partial charge is 0.288 e. The second-order valence-electron chi connectivity index (χ2n) is 5.25. The lowest BCUT2D eigenvalue weighted by Crippen LogP contribution is -2.07. The van der Waals surface area contributed by atoms with Crippen LogP contribution in [-0.2, 0) is 22.6 Å². The summed E-state index contributed by atoms with van der Waals surface area (Å²) in [6, 6.07) is 3.39. The molecular formula is C15H11F3N2O2S. The average Bonchev–Trinajstić information content (AvgIpc) is 2.93. The molecule has 3 rings (SSSR count). The SMILES string of the molecule is CS(=O)(=O)c1cncc(-c2cc(C(F)(F)F)cc3c2C=NC3)c1. The maximum atomic E-state index is 13.1. The van der Waals surface area contributed by atoms with Gasteiger partial charge in [-0.05, 0) is 29.3 Å². The van der Waals surface area contributed by atoms with Crippen molar-refractivity contribution in [1.82, 2.24) is 4.98 Å². The van der Waals surface area contributed by atoms with E-state index in [1.165, 1.54) is 24.7 Å². The number of aromatic nitrogens is 1. The fourth-order valence-corrected chi connectivity index (χ4v) is 3.00. The quantitative estimate of drug-likeness (QED) is 0.844. The largest absolute Gasteiger partial charge is 0.416 e. The third kappa shape index (κ3) is 2.98. The summed E-state index contributed by atoms with van der Waals surface area (Å²) >= 11 is 0. The van der Waals surface area contributed by atoms with Gasteiger partial charge < -0.3 is 0 Å². The highest BCUT2D eigenvalue weighted by atomic mass is 32.2. The second-order valence-corrected chi connectivity index (χ2v) is 7.26. The molecule has 0 amide bonds. The van der Waals surface area contributed by atoms with Gasteiger partial charge in [0, 0.05) is 36.0 Å². The molecule has 0 aliphatic carbocycles. The van der Waals surface area contributed by atoms with Gasteiger partial charge in [-0.15, -0.1) is 0 Å². The molecule has 23 heavy (non-hydrogen) atoms. The van der Waals surface area contributed by atoms with Crippen molar-refractivity contribution >= 4 is 16.1 Å². The lowest BCUT2D eigenvalue weighted by atomic mass is 9.95. The summed E-state index contributed by atoms with van der Waals surface area (Å²) < 4.78 is 62.5. The number of benzene rings is 1. The number of sulfone groups is 1. The number of fused-ring (bicyclic) bond motifs is 1. The Morgan fingerprint density at radius 1 is 1.13 bits per heavy atom. The zero-order chi connectivity index (χ0) is 16.8. The Hall–Kier alpha value is -2.22. The van der Waals surface area contributed by atoms with E-state index in [0.717, 1.165) is 18.4 Å². The van der Waals surface area contributed by atoms with Crippen LogP contribution in [0.2, 0.25) is 0 Å². The molecule has 1 aliphatic heterocycles. The van der Waals surface area contributed by atoms with Crippen LogP contribution in [0.5, 0.6) is 0 Å². The molecule has 120 valence electrons. The minimum Gasteiger partial charge on any atom is -0.288 e. The Labute approximate surface area is 130 Å². The van der Waals surface area contributed by atoms with Crippen LogP contribution in [0.4, 0.5) is 13.2 Å². The molecule has 1 aliphatic rings. The minimum absolute atomic E-state index is 0.0453. The highest BCUT2D eigenvalue weighted by Gasteiger charge is 2.32. The monoisotopic (exact) mass is 340 g/mol. The fraction of sp³-hybridized carbons (Fsp3) is 0.200. The lowest BCUT2D eigenvalue weighted by Gasteiger charge is -2.13. The molecule has 2 aromatic rings. The Morgan fingerprint density at radius 2 is 1.87 bits per heavy atom. The second kappa shape index (κ2) is 5.16. The summed E-state index contributed by atoms with van der Waals surface area (Å²) in [6.07, 6.45) is 0.537. The molecule has 1 aromatic heterocycles. The zero-order valence-corrected chi connectivity index (χ0v) is 12.7. The van der Waals surface area contributed by atoms with Crippen LogP contribution in [0.15, 0.2) is 40.5 Å². The van der Waals surface area contributed by atoms with E-state index >= 15 is 0 Å². The predicted octanol–water partition coefficient (Wildman–Crippen LogP) is 3.10. The van der Waals surface area contributed by atoms with E-state index in [2.05, 4.69) is 9.98 Å². The van der Waals surface area contributed by atoms with Crippen molar-refractivity contribution in [2.45, 2.75) is 17.6 Å². The van der Waals surface area contributed by atoms with Gasteiger partial charge in [-0.3, -0.25) is 9.98 Å². The highest BCUT2D eigenvalue weighted by molar-refractivity contribution is 7.90. The van der Waals surface area contributed by atoms with Crippen LogP contribution in [0, 0.1) is 0 Å². The van der Waals surface area contributed by atoms with E-state index in [1.54, 1.807) is 0 Å². The summed E-state index contributed by atoms with van der Waals surface area (Å²) in [7, 11) is -3.50. The van der Waals surface area contributed by atoms with Gasteiger partial charge in [0.25, 0.3) is 0 Å². The number of aliphatic imine (C=N–C) groups is 1. The summed E-state index contributed by atoms with van der Waals surface area (Å²) in [5.41, 5.74) is 0.809. The summed E-state index contributed by atoms with van der Waals surface area (Å²) in [6.45, 7) is 0.172. The number of pyridine rings is 1. The molecule has 0 unspecified atom stereocenters. The van der Waals surface area contributed by atoms with Crippen LogP contribution in [0.25, 0.3) is 11.1 Å². The van der Waals surface area contributed by atoms with Gasteiger partial charge in [0.05, 0.1) is 17.0 Å². The predicted molar refractivity (Wildman–Crippen MR) is 79.1 cm³/mol. The first kappa shape index (κ1) is 15.7. The Morgan fingerprint density at radius 3 is 2.52 bits per heavy atom. The fourth-order valence-electron chi connectivity index (χ4n) is 2.40. The number of rotatable bonds is 2. The first-order valence-corrected chi connectivity index (χ1v) is 8.45. The molecule has 0 radical (unpaired) electrons. The number of hydrogen-bond donors (Lipinski definition) is 0. The molecule has 0 saturated carbocycles. The van der Waals surface area contributed by atoms with Crippen molar-refractivity contribution < 1.29 is 21.6 Å². The first-order valence-electron chi connectivity index (χ1n) is 6.56. The van der Waals surface area contributed by atoms with Crippen molar-refractivity contribution in [3.05, 3.63) is 47.3 Å². The van der Waals surface area contributed by atoms with Crippen molar-refractivity contribution in [3.8, 4) is 11.1 Å². The molecule has 0 saturated heterocycles. The summed E-state index contributed by atoms with van der Waals surface area (Å²) in [4.78, 5) is 7.80. The molecule has 2 heterocycles. The number of nitrogens with zero attached hydrogens (tertiary/aromatic N) is 2. The lowest BCUT2D eigenvalue weighted by molar-refractivity contribution is -0.137. The zero-order valence-electron chi connectivity index (χ0n) is 11.9. The van der Waals surface area contributed by atoms with Crippen LogP contribution in [0.1, 0.15) is 16.7 Å². The van der Waals surface area contributed by atoms with Crippen LogP contribution >= 0.6 is 0 Å². The van der Waals surface area contributed by atoms with Gasteiger partial charge >= 0.3 is 6.18 Å². The molecule has 0 N–H and O–H groups in total. The van der Waals surface area contributed by atoms with Gasteiger partial charge in [0.2, 0.25) is 0 Å². The maximum Gasteiger partial charge on any atom is 0.416 e. The van der Waals surface area contributed by atoms with Crippen LogP contribution in [0.3, 0.4) is 0 Å². The Balaban J connectivity index is 2.24. The van der Waals surface area contributed by atoms with E-state index in [1.807, 2.05) is 0 Å². The van der Waals surface area contributed by atoms with E-state index in [4.69, 9.17) is 0 Å². The Kier molecular flexibility index (Phi) is 3.51. The first-order chi connectivity index (χ1) is 10.7. The molecule has 0 spiro atoms. The number of halogens is 3. The summed E-state index contributed by atoms with van der Waals surface area (Å²) in [5, 5.41) is 0. The number of hydrogen-bond acceptors (Lipinski definition) is 4. The van der Waals surface area contributed by atoms with E-state index in [0.29, 0.717) is 16.7 Å². The number of alkyl halides is 3. The van der Waals surface area contributed by atoms with Gasteiger partial charge in [-0.2, -0.15) is 13.2 Å². The van der Waals surface area contributed by atoms with Crippen LogP contribution < -0.4 is 0 Å². The topological polar surface area (TPSA) is 59.4 Å². The third-order valence-corrected chi connectivity index (χ3v) is 4.61. The molecule has 0 atom stereocenters. The van der Waals surface area contributed by atoms with Crippen molar-refractivity contribution in [2.75, 3.05) is 6.26 Å². The molecule has 8 heteroatoms. The van der Waals surface area contributed by atoms with Crippen molar-refractivity contribution in [2.24, 2.45) is 4.99 Å². The third-order valence-electron chi connectivity index (χ3n) is 3.53. The minimum atomic E-state index is -4.49. The highest BCUT2D eigenvalue weighted by Crippen LogP contribution is 2.37. The van der Waals surface area contributed by atoms with Gasteiger partial charge in [0.15, 0.2) is 9.84 Å². The average molecular weight is 340 g/mol. The molecule has 1 aromatic carbocycles. The maximum absolute atomic E-state index is 13.1. The molecule has 0 fully saturated rings. The van der Waals surface area contributed by atoms with Gasteiger partial charge in [0.1, 0.15) is 0 Å². The van der Waals surface area contributed by atoms with Crippen LogP contribution in [-0.4, -0.2) is 25.9 Å². The van der Waals surface area contributed by atoms with E-state index < -0.39 is 21.6 Å². The van der Waals surface area contributed by atoms with Gasteiger partial charge in [-0.1, -0.05) is 0 Å².